The van der Waals surface area contributed by atoms with E-state index in [-0.39, 0.29) is 31.0 Å². The van der Waals surface area contributed by atoms with Gasteiger partial charge in [-0.05, 0) is 44.9 Å². The largest absolute Gasteiger partial charge is 0.490 e. The van der Waals surface area contributed by atoms with E-state index in [1.807, 2.05) is 36.1 Å². The molecule has 1 fully saturated rings. The van der Waals surface area contributed by atoms with Crippen LogP contribution in [0, 0.1) is 5.92 Å². The number of amides is 1. The van der Waals surface area contributed by atoms with Crippen LogP contribution in [0.15, 0.2) is 24.3 Å². The van der Waals surface area contributed by atoms with E-state index in [1.165, 1.54) is 0 Å². The van der Waals surface area contributed by atoms with Gasteiger partial charge in [-0.15, -0.1) is 12.4 Å². The van der Waals surface area contributed by atoms with Crippen LogP contribution in [0.5, 0.6) is 11.5 Å². The lowest BCUT2D eigenvalue weighted by molar-refractivity contribution is -0.134. The molecule has 22 heavy (non-hydrogen) atoms. The van der Waals surface area contributed by atoms with Gasteiger partial charge in [0.1, 0.15) is 0 Å². The molecule has 1 aromatic rings. The minimum absolute atomic E-state index is 0. The molecule has 1 aliphatic rings. The zero-order valence-electron chi connectivity index (χ0n) is 13.2. The topological polar surface area (TPSA) is 64.8 Å². The third kappa shape index (κ3) is 4.52. The highest BCUT2D eigenvalue weighted by molar-refractivity contribution is 5.85. The maximum Gasteiger partial charge on any atom is 0.260 e. The molecule has 2 N–H and O–H groups in total. The number of carbonyl (C=O) groups is 1. The Balaban J connectivity index is 0.00000242. The molecule has 0 radical (unpaired) electrons. The van der Waals surface area contributed by atoms with E-state index in [9.17, 15) is 4.79 Å². The molecule has 0 aliphatic carbocycles. The van der Waals surface area contributed by atoms with Gasteiger partial charge in [0.05, 0.1) is 6.61 Å². The standard InChI is InChI=1S/C16H24N2O3.ClH/c1-3-20-14-6-4-5-7-15(14)21-11-16(19)18-10-13(9-17)8-12(18)2;/h4-7,12-13H,3,8-11,17H2,1-2H3;1H. The number of nitrogens with zero attached hydrogens (tertiary/aromatic N) is 1. The summed E-state index contributed by atoms with van der Waals surface area (Å²) in [6, 6.07) is 7.64. The summed E-state index contributed by atoms with van der Waals surface area (Å²) in [4.78, 5) is 14.1. The van der Waals surface area contributed by atoms with Crippen molar-refractivity contribution in [3.05, 3.63) is 24.3 Å². The number of halogens is 1. The molecular formula is C16H25ClN2O3. The normalized spacial score (nSPS) is 20.4. The zero-order chi connectivity index (χ0) is 15.2. The first-order valence-electron chi connectivity index (χ1n) is 7.49. The van der Waals surface area contributed by atoms with Crippen molar-refractivity contribution in [2.24, 2.45) is 11.7 Å². The summed E-state index contributed by atoms with van der Waals surface area (Å²) in [5, 5.41) is 0. The van der Waals surface area contributed by atoms with Crippen molar-refractivity contribution in [1.29, 1.82) is 0 Å². The SMILES string of the molecule is CCOc1ccccc1OCC(=O)N1CC(CN)CC1C.Cl. The van der Waals surface area contributed by atoms with Gasteiger partial charge in [-0.2, -0.15) is 0 Å². The molecule has 1 amide bonds. The Morgan fingerprint density at radius 2 is 1.95 bits per heavy atom. The number of benzene rings is 1. The molecule has 2 unspecified atom stereocenters. The molecule has 6 heteroatoms. The van der Waals surface area contributed by atoms with E-state index in [2.05, 4.69) is 6.92 Å². The first kappa shape index (κ1) is 18.6. The number of hydrogen-bond acceptors (Lipinski definition) is 4. The van der Waals surface area contributed by atoms with E-state index in [0.29, 0.717) is 30.6 Å². The molecule has 1 aliphatic heterocycles. The maximum atomic E-state index is 12.3. The molecule has 0 aromatic heterocycles. The lowest BCUT2D eigenvalue weighted by atomic mass is 10.1. The minimum atomic E-state index is 0. The van der Waals surface area contributed by atoms with E-state index in [1.54, 1.807) is 0 Å². The minimum Gasteiger partial charge on any atom is -0.490 e. The first-order valence-corrected chi connectivity index (χ1v) is 7.49. The quantitative estimate of drug-likeness (QED) is 0.868. The lowest BCUT2D eigenvalue weighted by Crippen LogP contribution is -2.37. The van der Waals surface area contributed by atoms with Crippen LogP contribution in [0.2, 0.25) is 0 Å². The molecule has 0 spiro atoms. The third-order valence-corrected chi connectivity index (χ3v) is 3.82. The highest BCUT2D eigenvalue weighted by atomic mass is 35.5. The van der Waals surface area contributed by atoms with Crippen LogP contribution in [0.25, 0.3) is 0 Å². The molecule has 0 saturated carbocycles. The Bertz CT molecular complexity index is 484. The van der Waals surface area contributed by atoms with Crippen molar-refractivity contribution >= 4 is 18.3 Å². The second kappa shape index (κ2) is 8.86. The van der Waals surface area contributed by atoms with Gasteiger partial charge in [0.2, 0.25) is 0 Å². The number of likely N-dealkylation sites (tertiary alicyclic amines) is 1. The van der Waals surface area contributed by atoms with Crippen molar-refractivity contribution in [1.82, 2.24) is 4.90 Å². The van der Waals surface area contributed by atoms with Crippen molar-refractivity contribution in [2.75, 3.05) is 26.3 Å². The maximum absolute atomic E-state index is 12.3. The predicted molar refractivity (Wildman–Crippen MR) is 88.7 cm³/mol. The Kier molecular flexibility index (Phi) is 7.48. The average Bonchev–Trinajstić information content (AvgIpc) is 2.87. The van der Waals surface area contributed by atoms with Crippen LogP contribution in [-0.4, -0.2) is 43.2 Å². The summed E-state index contributed by atoms with van der Waals surface area (Å²) in [7, 11) is 0. The van der Waals surface area contributed by atoms with Gasteiger partial charge in [-0.1, -0.05) is 12.1 Å². The fourth-order valence-electron chi connectivity index (χ4n) is 2.73. The number of nitrogens with two attached hydrogens (primary N) is 1. The van der Waals surface area contributed by atoms with Crippen LogP contribution in [0.3, 0.4) is 0 Å². The summed E-state index contributed by atoms with van der Waals surface area (Å²) >= 11 is 0. The van der Waals surface area contributed by atoms with Crippen LogP contribution < -0.4 is 15.2 Å². The Morgan fingerprint density at radius 1 is 1.32 bits per heavy atom. The Morgan fingerprint density at radius 3 is 2.50 bits per heavy atom. The number of ether oxygens (including phenoxy) is 2. The Hall–Kier alpha value is -1.46. The van der Waals surface area contributed by atoms with Gasteiger partial charge in [-0.25, -0.2) is 0 Å². The molecular weight excluding hydrogens is 304 g/mol. The van der Waals surface area contributed by atoms with Crippen molar-refractivity contribution in [3.63, 3.8) is 0 Å². The van der Waals surface area contributed by atoms with Crippen molar-refractivity contribution < 1.29 is 14.3 Å². The second-order valence-electron chi connectivity index (χ2n) is 5.40. The van der Waals surface area contributed by atoms with Crippen LogP contribution in [0.1, 0.15) is 20.3 Å². The molecule has 124 valence electrons. The van der Waals surface area contributed by atoms with Crippen molar-refractivity contribution in [2.45, 2.75) is 26.3 Å². The van der Waals surface area contributed by atoms with Gasteiger partial charge in [-0.3, -0.25) is 4.79 Å². The number of rotatable bonds is 6. The van der Waals surface area contributed by atoms with E-state index < -0.39 is 0 Å². The van der Waals surface area contributed by atoms with Crippen LogP contribution in [-0.2, 0) is 4.79 Å². The van der Waals surface area contributed by atoms with Gasteiger partial charge < -0.3 is 20.1 Å². The molecule has 0 bridgehead atoms. The summed E-state index contributed by atoms with van der Waals surface area (Å²) in [5.41, 5.74) is 5.69. The van der Waals surface area contributed by atoms with Crippen molar-refractivity contribution in [3.8, 4) is 11.5 Å². The monoisotopic (exact) mass is 328 g/mol. The van der Waals surface area contributed by atoms with Gasteiger partial charge in [0, 0.05) is 12.6 Å². The van der Waals surface area contributed by atoms with Gasteiger partial charge >= 0.3 is 0 Å². The fraction of sp³-hybridized carbons (Fsp3) is 0.562. The number of para-hydroxylation sites is 2. The number of hydrogen-bond donors (Lipinski definition) is 1. The number of carbonyl (C=O) groups excluding carboxylic acids is 1. The summed E-state index contributed by atoms with van der Waals surface area (Å²) in [6.45, 7) is 5.93. The smallest absolute Gasteiger partial charge is 0.260 e. The van der Waals surface area contributed by atoms with E-state index in [4.69, 9.17) is 15.2 Å². The highest BCUT2D eigenvalue weighted by Gasteiger charge is 2.31. The highest BCUT2D eigenvalue weighted by Crippen LogP contribution is 2.27. The molecule has 1 aromatic carbocycles. The zero-order valence-corrected chi connectivity index (χ0v) is 14.0. The Labute approximate surface area is 138 Å². The van der Waals surface area contributed by atoms with Crippen LogP contribution >= 0.6 is 12.4 Å². The molecule has 2 rings (SSSR count). The average molecular weight is 329 g/mol. The summed E-state index contributed by atoms with van der Waals surface area (Å²) < 4.78 is 11.1. The van der Waals surface area contributed by atoms with Gasteiger partial charge in [0.15, 0.2) is 18.1 Å². The molecule has 2 atom stereocenters. The molecule has 1 saturated heterocycles. The predicted octanol–water partition coefficient (Wildman–Crippen LogP) is 2.08. The first-order chi connectivity index (χ1) is 10.2. The summed E-state index contributed by atoms with van der Waals surface area (Å²) in [5.74, 6) is 1.68. The molecule has 1 heterocycles. The second-order valence-corrected chi connectivity index (χ2v) is 5.40. The van der Waals surface area contributed by atoms with Gasteiger partial charge in [0.25, 0.3) is 5.91 Å². The summed E-state index contributed by atoms with van der Waals surface area (Å²) in [6.07, 6.45) is 0.970. The lowest BCUT2D eigenvalue weighted by Gasteiger charge is -2.22. The van der Waals surface area contributed by atoms with E-state index in [0.717, 1.165) is 13.0 Å². The molecule has 5 nitrogen and oxygen atoms in total. The van der Waals surface area contributed by atoms with E-state index >= 15 is 0 Å². The van der Waals surface area contributed by atoms with Crippen LogP contribution in [0.4, 0.5) is 0 Å². The third-order valence-electron chi connectivity index (χ3n) is 3.82. The fourth-order valence-corrected chi connectivity index (χ4v) is 2.73.